The van der Waals surface area contributed by atoms with E-state index >= 15 is 0 Å². The molecular weight excluding hydrogens is 264 g/mol. The molecule has 2 rings (SSSR count). The molecular formula is C17H26N2O2. The second-order valence-corrected chi connectivity index (χ2v) is 6.08. The molecule has 1 aromatic rings. The molecule has 0 saturated heterocycles. The van der Waals surface area contributed by atoms with E-state index < -0.39 is 0 Å². The van der Waals surface area contributed by atoms with Crippen LogP contribution in [0.5, 0.6) is 5.75 Å². The Balaban J connectivity index is 1.78. The van der Waals surface area contributed by atoms with E-state index in [-0.39, 0.29) is 18.6 Å². The van der Waals surface area contributed by atoms with Crippen LogP contribution in [0.1, 0.15) is 38.7 Å². The van der Waals surface area contributed by atoms with E-state index in [1.165, 1.54) is 12.8 Å². The van der Waals surface area contributed by atoms with Gasteiger partial charge in [0.15, 0.2) is 6.61 Å². The number of carbonyl (C=O) groups is 1. The lowest BCUT2D eigenvalue weighted by molar-refractivity contribution is -0.124. The summed E-state index contributed by atoms with van der Waals surface area (Å²) >= 11 is 0. The van der Waals surface area contributed by atoms with Crippen molar-refractivity contribution < 1.29 is 9.53 Å². The molecule has 3 N–H and O–H groups in total. The number of carbonyl (C=O) groups excluding carboxylic acids is 1. The first-order valence-corrected chi connectivity index (χ1v) is 7.81. The monoisotopic (exact) mass is 290 g/mol. The van der Waals surface area contributed by atoms with E-state index in [1.807, 2.05) is 24.3 Å². The molecule has 0 aromatic heterocycles. The predicted octanol–water partition coefficient (Wildman–Crippen LogP) is 2.46. The van der Waals surface area contributed by atoms with Crippen molar-refractivity contribution in [3.05, 3.63) is 29.8 Å². The first-order valence-electron chi connectivity index (χ1n) is 7.81. The van der Waals surface area contributed by atoms with Crippen LogP contribution in [-0.2, 0) is 11.3 Å². The number of amides is 1. The molecule has 1 amide bonds. The third kappa shape index (κ3) is 4.46. The summed E-state index contributed by atoms with van der Waals surface area (Å²) in [7, 11) is 0. The van der Waals surface area contributed by atoms with Gasteiger partial charge in [0.1, 0.15) is 5.75 Å². The normalized spacial score (nSPS) is 25.4. The zero-order valence-electron chi connectivity index (χ0n) is 13.0. The van der Waals surface area contributed by atoms with Crippen molar-refractivity contribution in [2.24, 2.45) is 17.6 Å². The van der Waals surface area contributed by atoms with Gasteiger partial charge in [0.05, 0.1) is 0 Å². The second kappa shape index (κ2) is 7.46. The Morgan fingerprint density at radius 3 is 2.67 bits per heavy atom. The quantitative estimate of drug-likeness (QED) is 0.875. The maximum absolute atomic E-state index is 12.0. The smallest absolute Gasteiger partial charge is 0.258 e. The van der Waals surface area contributed by atoms with Crippen molar-refractivity contribution in [1.82, 2.24) is 5.32 Å². The highest BCUT2D eigenvalue weighted by Gasteiger charge is 2.28. The number of hydrogen-bond acceptors (Lipinski definition) is 3. The highest BCUT2D eigenvalue weighted by atomic mass is 16.5. The lowest BCUT2D eigenvalue weighted by Crippen LogP contribution is -2.45. The maximum atomic E-state index is 12.0. The van der Waals surface area contributed by atoms with Gasteiger partial charge in [-0.2, -0.15) is 0 Å². The van der Waals surface area contributed by atoms with Crippen molar-refractivity contribution in [3.8, 4) is 5.75 Å². The Morgan fingerprint density at radius 2 is 2.00 bits per heavy atom. The Kier molecular flexibility index (Phi) is 5.62. The number of nitrogens with one attached hydrogen (secondary N) is 1. The fourth-order valence-corrected chi connectivity index (χ4v) is 2.90. The first kappa shape index (κ1) is 15.8. The molecule has 1 aliphatic carbocycles. The number of hydrogen-bond donors (Lipinski definition) is 2. The van der Waals surface area contributed by atoms with Crippen LogP contribution in [-0.4, -0.2) is 18.6 Å². The molecule has 1 saturated carbocycles. The topological polar surface area (TPSA) is 64.3 Å². The molecule has 0 heterocycles. The number of rotatable bonds is 5. The fourth-order valence-electron chi connectivity index (χ4n) is 2.90. The van der Waals surface area contributed by atoms with E-state index in [2.05, 4.69) is 19.2 Å². The van der Waals surface area contributed by atoms with Crippen LogP contribution in [0.3, 0.4) is 0 Å². The van der Waals surface area contributed by atoms with Gasteiger partial charge in [-0.1, -0.05) is 38.8 Å². The molecule has 0 aliphatic heterocycles. The molecule has 0 radical (unpaired) electrons. The van der Waals surface area contributed by atoms with Crippen LogP contribution < -0.4 is 15.8 Å². The second-order valence-electron chi connectivity index (χ2n) is 6.08. The summed E-state index contributed by atoms with van der Waals surface area (Å²) in [4.78, 5) is 12.0. The number of nitrogens with two attached hydrogens (primary N) is 1. The van der Waals surface area contributed by atoms with Crippen LogP contribution >= 0.6 is 0 Å². The molecule has 0 bridgehead atoms. The van der Waals surface area contributed by atoms with Crippen LogP contribution in [0.4, 0.5) is 0 Å². The summed E-state index contributed by atoms with van der Waals surface area (Å²) in [6.07, 6.45) is 3.53. The van der Waals surface area contributed by atoms with Gasteiger partial charge < -0.3 is 15.8 Å². The highest BCUT2D eigenvalue weighted by Crippen LogP contribution is 2.29. The van der Waals surface area contributed by atoms with E-state index in [9.17, 15) is 4.79 Å². The van der Waals surface area contributed by atoms with Crippen LogP contribution in [0, 0.1) is 11.8 Å². The van der Waals surface area contributed by atoms with Crippen molar-refractivity contribution in [1.29, 1.82) is 0 Å². The number of ether oxygens (including phenoxy) is 1. The van der Waals surface area contributed by atoms with Gasteiger partial charge in [0.2, 0.25) is 0 Å². The average Bonchev–Trinajstić information content (AvgIpc) is 2.50. The van der Waals surface area contributed by atoms with Gasteiger partial charge in [-0.25, -0.2) is 0 Å². The SMILES string of the molecule is CC1CCCC(NC(=O)COc2ccc(CN)cc2)C1C. The van der Waals surface area contributed by atoms with Crippen molar-refractivity contribution in [3.63, 3.8) is 0 Å². The predicted molar refractivity (Wildman–Crippen MR) is 83.9 cm³/mol. The summed E-state index contributed by atoms with van der Waals surface area (Å²) in [6.45, 7) is 5.07. The van der Waals surface area contributed by atoms with Crippen LogP contribution in [0.2, 0.25) is 0 Å². The van der Waals surface area contributed by atoms with E-state index in [4.69, 9.17) is 10.5 Å². The largest absolute Gasteiger partial charge is 0.484 e. The summed E-state index contributed by atoms with van der Waals surface area (Å²) in [5.41, 5.74) is 6.60. The minimum atomic E-state index is -0.0381. The van der Waals surface area contributed by atoms with Gasteiger partial charge in [-0.3, -0.25) is 4.79 Å². The van der Waals surface area contributed by atoms with E-state index in [0.29, 0.717) is 24.1 Å². The molecule has 1 fully saturated rings. The minimum Gasteiger partial charge on any atom is -0.484 e. The summed E-state index contributed by atoms with van der Waals surface area (Å²) in [5.74, 6) is 1.87. The van der Waals surface area contributed by atoms with Gasteiger partial charge in [0, 0.05) is 12.6 Å². The van der Waals surface area contributed by atoms with Gasteiger partial charge in [-0.05, 0) is 36.0 Å². The molecule has 1 aromatic carbocycles. The zero-order valence-corrected chi connectivity index (χ0v) is 13.0. The third-order valence-electron chi connectivity index (χ3n) is 4.58. The Bertz CT molecular complexity index is 458. The maximum Gasteiger partial charge on any atom is 0.258 e. The molecule has 1 aliphatic rings. The lowest BCUT2D eigenvalue weighted by Gasteiger charge is -2.34. The summed E-state index contributed by atoms with van der Waals surface area (Å²) in [6, 6.07) is 7.81. The fraction of sp³-hybridized carbons (Fsp3) is 0.588. The lowest BCUT2D eigenvalue weighted by atomic mass is 9.78. The average molecular weight is 290 g/mol. The van der Waals surface area contributed by atoms with Crippen molar-refractivity contribution >= 4 is 5.91 Å². The zero-order chi connectivity index (χ0) is 15.2. The highest BCUT2D eigenvalue weighted by molar-refractivity contribution is 5.77. The minimum absolute atomic E-state index is 0.0381. The standard InChI is InChI=1S/C17H26N2O2/c1-12-4-3-5-16(13(12)2)19-17(20)11-21-15-8-6-14(10-18)7-9-15/h6-9,12-13,16H,3-5,10-11,18H2,1-2H3,(H,19,20). The summed E-state index contributed by atoms with van der Waals surface area (Å²) in [5, 5.41) is 3.11. The van der Waals surface area contributed by atoms with Gasteiger partial charge >= 0.3 is 0 Å². The van der Waals surface area contributed by atoms with Gasteiger partial charge in [-0.15, -0.1) is 0 Å². The molecule has 4 nitrogen and oxygen atoms in total. The third-order valence-corrected chi connectivity index (χ3v) is 4.58. The number of benzene rings is 1. The first-order chi connectivity index (χ1) is 10.1. The molecule has 4 heteroatoms. The molecule has 116 valence electrons. The van der Waals surface area contributed by atoms with E-state index in [1.54, 1.807) is 0 Å². The molecule has 3 unspecified atom stereocenters. The van der Waals surface area contributed by atoms with E-state index in [0.717, 1.165) is 12.0 Å². The molecule has 21 heavy (non-hydrogen) atoms. The molecule has 0 spiro atoms. The van der Waals surface area contributed by atoms with Crippen LogP contribution in [0.25, 0.3) is 0 Å². The van der Waals surface area contributed by atoms with Crippen molar-refractivity contribution in [2.45, 2.75) is 45.7 Å². The van der Waals surface area contributed by atoms with Crippen LogP contribution in [0.15, 0.2) is 24.3 Å². The Labute approximate surface area is 127 Å². The van der Waals surface area contributed by atoms with Gasteiger partial charge in [0.25, 0.3) is 5.91 Å². The molecule has 3 atom stereocenters. The Hall–Kier alpha value is -1.55. The Morgan fingerprint density at radius 1 is 1.29 bits per heavy atom. The summed E-state index contributed by atoms with van der Waals surface area (Å²) < 4.78 is 5.52. The van der Waals surface area contributed by atoms with Crippen molar-refractivity contribution in [2.75, 3.05) is 6.61 Å².